The second kappa shape index (κ2) is 7.58. The van der Waals surface area contributed by atoms with E-state index in [4.69, 9.17) is 4.74 Å². The molecule has 0 aliphatic carbocycles. The molecule has 0 bridgehead atoms. The number of hydrogen-bond acceptors (Lipinski definition) is 4. The van der Waals surface area contributed by atoms with Gasteiger partial charge in [0.25, 0.3) is 0 Å². The molecule has 0 radical (unpaired) electrons. The molecule has 1 spiro atoms. The lowest BCUT2D eigenvalue weighted by Crippen LogP contribution is -2.52. The third-order valence-electron chi connectivity index (χ3n) is 6.50. The molecule has 3 aliphatic heterocycles. The second-order valence-electron chi connectivity index (χ2n) is 8.23. The normalized spacial score (nSPS) is 23.5. The smallest absolute Gasteiger partial charge is 0.235 e. The van der Waals surface area contributed by atoms with Crippen molar-refractivity contribution in [2.24, 2.45) is 5.92 Å². The quantitative estimate of drug-likeness (QED) is 0.773. The van der Waals surface area contributed by atoms with E-state index < -0.39 is 5.92 Å². The Labute approximate surface area is 175 Å². The highest BCUT2D eigenvalue weighted by molar-refractivity contribution is 7.15. The minimum atomic E-state index is -0.507. The van der Waals surface area contributed by atoms with E-state index in [1.165, 1.54) is 20.9 Å². The first-order valence-corrected chi connectivity index (χ1v) is 11.4. The number of benzene rings is 1. The van der Waals surface area contributed by atoms with Crippen molar-refractivity contribution in [2.45, 2.75) is 37.7 Å². The van der Waals surface area contributed by atoms with E-state index >= 15 is 0 Å². The first-order valence-electron chi connectivity index (χ1n) is 10.6. The fraction of sp³-hybridized carbons (Fsp3) is 0.478. The molecule has 29 heavy (non-hydrogen) atoms. The van der Waals surface area contributed by atoms with Crippen molar-refractivity contribution in [1.29, 1.82) is 0 Å². The van der Waals surface area contributed by atoms with Crippen LogP contribution in [0.1, 0.15) is 36.1 Å². The number of carbonyl (C=O) groups is 2. The average Bonchev–Trinajstić information content (AvgIpc) is 3.21. The van der Waals surface area contributed by atoms with Crippen LogP contribution in [-0.2, 0) is 26.3 Å². The van der Waals surface area contributed by atoms with Gasteiger partial charge in [0.15, 0.2) is 0 Å². The van der Waals surface area contributed by atoms with E-state index in [1.54, 1.807) is 0 Å². The zero-order valence-electron chi connectivity index (χ0n) is 16.5. The predicted molar refractivity (Wildman–Crippen MR) is 113 cm³/mol. The van der Waals surface area contributed by atoms with Gasteiger partial charge in [-0.15, -0.1) is 11.3 Å². The molecule has 152 valence electrons. The Morgan fingerprint density at radius 3 is 2.76 bits per heavy atom. The van der Waals surface area contributed by atoms with Gasteiger partial charge in [-0.25, -0.2) is 0 Å². The van der Waals surface area contributed by atoms with Crippen molar-refractivity contribution in [3.05, 3.63) is 46.8 Å². The number of rotatable bonds is 2. The Bertz CT molecular complexity index is 915. The van der Waals surface area contributed by atoms with Crippen molar-refractivity contribution in [2.75, 3.05) is 26.2 Å². The molecule has 2 aromatic rings. The molecule has 1 N–H and O–H groups in total. The van der Waals surface area contributed by atoms with E-state index in [2.05, 4.69) is 35.6 Å². The average molecular weight is 411 g/mol. The van der Waals surface area contributed by atoms with Gasteiger partial charge in [-0.05, 0) is 49.3 Å². The van der Waals surface area contributed by atoms with E-state index in [1.807, 2.05) is 22.3 Å². The largest absolute Gasteiger partial charge is 0.369 e. The molecule has 3 aliphatic rings. The maximum Gasteiger partial charge on any atom is 0.235 e. The first-order chi connectivity index (χ1) is 14.2. The van der Waals surface area contributed by atoms with Crippen LogP contribution in [0.5, 0.6) is 0 Å². The highest BCUT2D eigenvalue weighted by atomic mass is 32.1. The van der Waals surface area contributed by atoms with Gasteiger partial charge >= 0.3 is 0 Å². The lowest BCUT2D eigenvalue weighted by molar-refractivity contribution is -0.149. The molecule has 5 nitrogen and oxygen atoms in total. The Kier molecular flexibility index (Phi) is 4.92. The van der Waals surface area contributed by atoms with Gasteiger partial charge in [-0.3, -0.25) is 9.59 Å². The van der Waals surface area contributed by atoms with Gasteiger partial charge in [0.05, 0.1) is 6.61 Å². The number of likely N-dealkylation sites (tertiary alicyclic amines) is 1. The van der Waals surface area contributed by atoms with Crippen LogP contribution in [-0.4, -0.2) is 43.0 Å². The van der Waals surface area contributed by atoms with Crippen LogP contribution in [0, 0.1) is 5.92 Å². The van der Waals surface area contributed by atoms with Gasteiger partial charge < -0.3 is 15.0 Å². The fourth-order valence-corrected chi connectivity index (χ4v) is 6.27. The summed E-state index contributed by atoms with van der Waals surface area (Å²) in [4.78, 5) is 29.5. The third-order valence-corrected chi connectivity index (χ3v) is 7.91. The molecule has 2 saturated heterocycles. The molecular formula is C23H26N2O3S. The van der Waals surface area contributed by atoms with Crippen molar-refractivity contribution >= 4 is 23.2 Å². The van der Waals surface area contributed by atoms with E-state index in [-0.39, 0.29) is 17.4 Å². The summed E-state index contributed by atoms with van der Waals surface area (Å²) in [5.74, 6) is -0.625. The molecule has 4 heterocycles. The Balaban J connectivity index is 1.34. The SMILES string of the molecule is O=C1NCCCC1C(=O)N1CCC2(CC1)OCCc1cc(-c3ccccc3)sc12. The predicted octanol–water partition coefficient (Wildman–Crippen LogP) is 3.33. The highest BCUT2D eigenvalue weighted by Crippen LogP contribution is 2.47. The fourth-order valence-electron chi connectivity index (χ4n) is 4.85. The van der Waals surface area contributed by atoms with Crippen molar-refractivity contribution in [3.8, 4) is 10.4 Å². The lowest BCUT2D eigenvalue weighted by atomic mass is 9.84. The summed E-state index contributed by atoms with van der Waals surface area (Å²) in [6.45, 7) is 2.72. The molecule has 6 heteroatoms. The van der Waals surface area contributed by atoms with Crippen LogP contribution in [0.4, 0.5) is 0 Å². The van der Waals surface area contributed by atoms with E-state index in [9.17, 15) is 9.59 Å². The summed E-state index contributed by atoms with van der Waals surface area (Å²) in [7, 11) is 0. The zero-order chi connectivity index (χ0) is 19.8. The number of amides is 2. The minimum absolute atomic E-state index is 0.00997. The topological polar surface area (TPSA) is 58.6 Å². The van der Waals surface area contributed by atoms with Gasteiger partial charge in [-0.2, -0.15) is 0 Å². The Morgan fingerprint density at radius 2 is 2.00 bits per heavy atom. The van der Waals surface area contributed by atoms with Crippen LogP contribution in [0.15, 0.2) is 36.4 Å². The van der Waals surface area contributed by atoms with Crippen LogP contribution < -0.4 is 5.32 Å². The number of thiophene rings is 1. The molecule has 2 amide bonds. The van der Waals surface area contributed by atoms with Crippen LogP contribution in [0.3, 0.4) is 0 Å². The van der Waals surface area contributed by atoms with Crippen molar-refractivity contribution < 1.29 is 14.3 Å². The standard InChI is InChI=1S/C23H26N2O3S/c26-21-18(7-4-11-24-21)22(27)25-12-9-23(10-13-25)20-17(8-14-28-23)15-19(29-20)16-5-2-1-3-6-16/h1-3,5-6,15,18H,4,7-14H2,(H,24,26). The summed E-state index contributed by atoms with van der Waals surface area (Å²) in [6, 6.07) is 12.8. The maximum absolute atomic E-state index is 12.9. The van der Waals surface area contributed by atoms with Crippen molar-refractivity contribution in [3.63, 3.8) is 0 Å². The van der Waals surface area contributed by atoms with Crippen LogP contribution in [0.2, 0.25) is 0 Å². The lowest BCUT2D eigenvalue weighted by Gasteiger charge is -2.44. The highest BCUT2D eigenvalue weighted by Gasteiger charge is 2.44. The number of nitrogens with zero attached hydrogens (tertiary/aromatic N) is 1. The number of piperidine rings is 2. The number of fused-ring (bicyclic) bond motifs is 2. The molecule has 2 fully saturated rings. The minimum Gasteiger partial charge on any atom is -0.369 e. The number of hydrogen-bond donors (Lipinski definition) is 1. The Morgan fingerprint density at radius 1 is 1.21 bits per heavy atom. The van der Waals surface area contributed by atoms with Crippen LogP contribution >= 0.6 is 11.3 Å². The number of nitrogens with one attached hydrogen (secondary N) is 1. The van der Waals surface area contributed by atoms with E-state index in [0.29, 0.717) is 26.1 Å². The summed E-state index contributed by atoms with van der Waals surface area (Å²) in [6.07, 6.45) is 4.09. The molecule has 1 aromatic carbocycles. The second-order valence-corrected chi connectivity index (χ2v) is 9.29. The summed E-state index contributed by atoms with van der Waals surface area (Å²) in [5.41, 5.74) is 2.36. The maximum atomic E-state index is 12.9. The summed E-state index contributed by atoms with van der Waals surface area (Å²) >= 11 is 1.84. The van der Waals surface area contributed by atoms with Gasteiger partial charge in [0.2, 0.25) is 11.8 Å². The molecule has 0 saturated carbocycles. The number of ether oxygens (including phenoxy) is 1. The molecule has 1 unspecified atom stereocenters. The monoisotopic (exact) mass is 410 g/mol. The van der Waals surface area contributed by atoms with Crippen molar-refractivity contribution in [1.82, 2.24) is 10.2 Å². The van der Waals surface area contributed by atoms with Gasteiger partial charge in [0.1, 0.15) is 11.5 Å². The van der Waals surface area contributed by atoms with Gasteiger partial charge in [0, 0.05) is 29.4 Å². The summed E-state index contributed by atoms with van der Waals surface area (Å²) in [5, 5.41) is 2.83. The number of carbonyl (C=O) groups excluding carboxylic acids is 2. The summed E-state index contributed by atoms with van der Waals surface area (Å²) < 4.78 is 6.37. The van der Waals surface area contributed by atoms with Crippen LogP contribution in [0.25, 0.3) is 10.4 Å². The van der Waals surface area contributed by atoms with Gasteiger partial charge in [-0.1, -0.05) is 30.3 Å². The third kappa shape index (κ3) is 3.38. The molecule has 5 rings (SSSR count). The zero-order valence-corrected chi connectivity index (χ0v) is 17.3. The Hall–Kier alpha value is -2.18. The first kappa shape index (κ1) is 18.8. The van der Waals surface area contributed by atoms with E-state index in [0.717, 1.165) is 32.3 Å². The molecule has 1 aromatic heterocycles. The molecular weight excluding hydrogens is 384 g/mol. The molecule has 1 atom stereocenters.